The van der Waals surface area contributed by atoms with Crippen LogP contribution < -0.4 is 5.32 Å². The topological polar surface area (TPSA) is 81.7 Å². The molecule has 0 fully saturated rings. The van der Waals surface area contributed by atoms with Crippen LogP contribution in [-0.2, 0) is 13.1 Å². The SMILES string of the molecule is Cc1cnc(CNCc2nnnn2-c2ccccc2)o1. The Hall–Kier alpha value is -2.54. The third kappa shape index (κ3) is 2.72. The number of benzene rings is 1. The Kier molecular flexibility index (Phi) is 3.51. The van der Waals surface area contributed by atoms with Gasteiger partial charge in [0.1, 0.15) is 5.76 Å². The first-order chi connectivity index (χ1) is 9.83. The fourth-order valence-electron chi connectivity index (χ4n) is 1.85. The number of oxazole rings is 1. The van der Waals surface area contributed by atoms with E-state index in [1.54, 1.807) is 10.9 Å². The van der Waals surface area contributed by atoms with Crippen molar-refractivity contribution >= 4 is 0 Å². The minimum Gasteiger partial charge on any atom is -0.445 e. The van der Waals surface area contributed by atoms with Crippen molar-refractivity contribution in [2.75, 3.05) is 0 Å². The number of nitrogens with zero attached hydrogens (tertiary/aromatic N) is 5. The zero-order valence-corrected chi connectivity index (χ0v) is 11.0. The quantitative estimate of drug-likeness (QED) is 0.751. The van der Waals surface area contributed by atoms with Crippen LogP contribution in [0.5, 0.6) is 0 Å². The van der Waals surface area contributed by atoms with E-state index in [4.69, 9.17) is 4.42 Å². The van der Waals surface area contributed by atoms with Gasteiger partial charge in [-0.05, 0) is 29.5 Å². The maximum Gasteiger partial charge on any atom is 0.208 e. The molecule has 102 valence electrons. The molecule has 0 aliphatic heterocycles. The zero-order chi connectivity index (χ0) is 13.8. The number of para-hydroxylation sites is 1. The summed E-state index contributed by atoms with van der Waals surface area (Å²) >= 11 is 0. The van der Waals surface area contributed by atoms with Crippen LogP contribution in [0.2, 0.25) is 0 Å². The largest absolute Gasteiger partial charge is 0.445 e. The smallest absolute Gasteiger partial charge is 0.208 e. The summed E-state index contributed by atoms with van der Waals surface area (Å²) in [5, 5.41) is 14.9. The number of hydrogen-bond donors (Lipinski definition) is 1. The van der Waals surface area contributed by atoms with Gasteiger partial charge in [0.25, 0.3) is 0 Å². The second-order valence-electron chi connectivity index (χ2n) is 4.31. The van der Waals surface area contributed by atoms with E-state index in [1.807, 2.05) is 37.3 Å². The van der Waals surface area contributed by atoms with Gasteiger partial charge in [-0.25, -0.2) is 4.98 Å². The van der Waals surface area contributed by atoms with E-state index in [2.05, 4.69) is 25.8 Å². The zero-order valence-electron chi connectivity index (χ0n) is 11.0. The molecule has 20 heavy (non-hydrogen) atoms. The van der Waals surface area contributed by atoms with Gasteiger partial charge in [-0.15, -0.1) is 5.10 Å². The van der Waals surface area contributed by atoms with Crippen LogP contribution in [0.4, 0.5) is 0 Å². The summed E-state index contributed by atoms with van der Waals surface area (Å²) in [6, 6.07) is 9.76. The number of aryl methyl sites for hydroxylation is 1. The van der Waals surface area contributed by atoms with Gasteiger partial charge in [0.05, 0.1) is 25.0 Å². The molecule has 0 aliphatic rings. The second kappa shape index (κ2) is 5.62. The highest BCUT2D eigenvalue weighted by Gasteiger charge is 2.08. The van der Waals surface area contributed by atoms with Crippen molar-refractivity contribution in [1.82, 2.24) is 30.5 Å². The van der Waals surface area contributed by atoms with Gasteiger partial charge in [0.15, 0.2) is 5.82 Å². The van der Waals surface area contributed by atoms with Gasteiger partial charge in [-0.3, -0.25) is 0 Å². The average Bonchev–Trinajstić information content (AvgIpc) is 3.09. The molecule has 7 heteroatoms. The summed E-state index contributed by atoms with van der Waals surface area (Å²) in [6.45, 7) is 2.94. The molecule has 0 aliphatic carbocycles. The summed E-state index contributed by atoms with van der Waals surface area (Å²) in [7, 11) is 0. The van der Waals surface area contributed by atoms with E-state index in [0.29, 0.717) is 19.0 Å². The van der Waals surface area contributed by atoms with Gasteiger partial charge < -0.3 is 9.73 Å². The number of rotatable bonds is 5. The molecule has 0 bridgehead atoms. The molecule has 2 heterocycles. The van der Waals surface area contributed by atoms with Crippen LogP contribution in [-0.4, -0.2) is 25.2 Å². The highest BCUT2D eigenvalue weighted by atomic mass is 16.4. The lowest BCUT2D eigenvalue weighted by Gasteiger charge is -2.04. The Morgan fingerprint density at radius 1 is 1.20 bits per heavy atom. The first-order valence-electron chi connectivity index (χ1n) is 6.27. The Bertz CT molecular complexity index is 675. The van der Waals surface area contributed by atoms with Crippen molar-refractivity contribution in [3.05, 3.63) is 54.0 Å². The van der Waals surface area contributed by atoms with Crippen molar-refractivity contribution in [3.63, 3.8) is 0 Å². The van der Waals surface area contributed by atoms with E-state index < -0.39 is 0 Å². The van der Waals surface area contributed by atoms with Crippen LogP contribution in [0, 0.1) is 6.92 Å². The fraction of sp³-hybridized carbons (Fsp3) is 0.231. The molecule has 0 spiro atoms. The molecule has 1 N–H and O–H groups in total. The minimum atomic E-state index is 0.531. The standard InChI is InChI=1S/C13H14N6O/c1-10-7-15-13(20-10)9-14-8-12-16-17-18-19(12)11-5-3-2-4-6-11/h2-7,14H,8-9H2,1H3. The predicted molar refractivity (Wildman–Crippen MR) is 70.9 cm³/mol. The summed E-state index contributed by atoms with van der Waals surface area (Å²) in [4.78, 5) is 4.13. The van der Waals surface area contributed by atoms with Crippen LogP contribution in [0.25, 0.3) is 5.69 Å². The Morgan fingerprint density at radius 2 is 2.05 bits per heavy atom. The lowest BCUT2D eigenvalue weighted by molar-refractivity contribution is 0.446. The lowest BCUT2D eigenvalue weighted by Crippen LogP contribution is -2.16. The van der Waals surface area contributed by atoms with Gasteiger partial charge in [0, 0.05) is 0 Å². The number of tetrazole rings is 1. The van der Waals surface area contributed by atoms with E-state index in [-0.39, 0.29) is 0 Å². The maximum absolute atomic E-state index is 5.39. The first-order valence-corrected chi connectivity index (χ1v) is 6.27. The molecule has 3 aromatic rings. The van der Waals surface area contributed by atoms with E-state index in [1.165, 1.54) is 0 Å². The summed E-state index contributed by atoms with van der Waals surface area (Å²) < 4.78 is 7.09. The maximum atomic E-state index is 5.39. The molecular formula is C13H14N6O. The highest BCUT2D eigenvalue weighted by Crippen LogP contribution is 2.07. The predicted octanol–water partition coefficient (Wildman–Crippen LogP) is 1.25. The molecule has 2 aromatic heterocycles. The van der Waals surface area contributed by atoms with Crippen molar-refractivity contribution in [2.24, 2.45) is 0 Å². The average molecular weight is 270 g/mol. The van der Waals surface area contributed by atoms with Crippen LogP contribution in [0.1, 0.15) is 17.5 Å². The number of hydrogen-bond acceptors (Lipinski definition) is 6. The summed E-state index contributed by atoms with van der Waals surface area (Å²) in [6.07, 6.45) is 1.70. The molecule has 0 saturated carbocycles. The van der Waals surface area contributed by atoms with Crippen molar-refractivity contribution in [1.29, 1.82) is 0 Å². The minimum absolute atomic E-state index is 0.531. The molecular weight excluding hydrogens is 256 g/mol. The molecule has 1 aromatic carbocycles. The van der Waals surface area contributed by atoms with Crippen LogP contribution in [0.3, 0.4) is 0 Å². The Labute approximate surface area is 115 Å². The molecule has 0 unspecified atom stereocenters. The lowest BCUT2D eigenvalue weighted by atomic mass is 10.3. The summed E-state index contributed by atoms with van der Waals surface area (Å²) in [5.74, 6) is 2.19. The van der Waals surface area contributed by atoms with Crippen molar-refractivity contribution < 1.29 is 4.42 Å². The molecule has 3 rings (SSSR count). The molecule has 0 amide bonds. The third-order valence-corrected chi connectivity index (χ3v) is 2.76. The molecule has 7 nitrogen and oxygen atoms in total. The fourth-order valence-corrected chi connectivity index (χ4v) is 1.85. The third-order valence-electron chi connectivity index (χ3n) is 2.76. The number of aromatic nitrogens is 5. The Balaban J connectivity index is 1.65. The second-order valence-corrected chi connectivity index (χ2v) is 4.31. The summed E-state index contributed by atoms with van der Waals surface area (Å²) in [5.41, 5.74) is 0.932. The van der Waals surface area contributed by atoms with Gasteiger partial charge in [-0.1, -0.05) is 18.2 Å². The van der Waals surface area contributed by atoms with Crippen LogP contribution >= 0.6 is 0 Å². The normalized spacial score (nSPS) is 10.8. The van der Waals surface area contributed by atoms with Gasteiger partial charge in [-0.2, -0.15) is 4.68 Å². The Morgan fingerprint density at radius 3 is 2.80 bits per heavy atom. The van der Waals surface area contributed by atoms with E-state index in [9.17, 15) is 0 Å². The first kappa shape index (κ1) is 12.5. The highest BCUT2D eigenvalue weighted by molar-refractivity contribution is 5.30. The van der Waals surface area contributed by atoms with Gasteiger partial charge in [0.2, 0.25) is 5.89 Å². The molecule has 0 saturated heterocycles. The van der Waals surface area contributed by atoms with Crippen molar-refractivity contribution in [3.8, 4) is 5.69 Å². The monoisotopic (exact) mass is 270 g/mol. The van der Waals surface area contributed by atoms with Crippen LogP contribution in [0.15, 0.2) is 40.9 Å². The number of nitrogens with one attached hydrogen (secondary N) is 1. The van der Waals surface area contributed by atoms with E-state index >= 15 is 0 Å². The molecule has 0 atom stereocenters. The van der Waals surface area contributed by atoms with E-state index in [0.717, 1.165) is 17.3 Å². The van der Waals surface area contributed by atoms with Gasteiger partial charge >= 0.3 is 0 Å². The van der Waals surface area contributed by atoms with Crippen molar-refractivity contribution in [2.45, 2.75) is 20.0 Å². The molecule has 0 radical (unpaired) electrons.